The van der Waals surface area contributed by atoms with Crippen LogP contribution in [0, 0.1) is 0 Å². The van der Waals surface area contributed by atoms with E-state index in [-0.39, 0.29) is 22.8 Å². The van der Waals surface area contributed by atoms with Gasteiger partial charge in [-0.3, -0.25) is 14.5 Å². The van der Waals surface area contributed by atoms with Gasteiger partial charge in [0.1, 0.15) is 0 Å². The predicted molar refractivity (Wildman–Crippen MR) is 115 cm³/mol. The number of benzene rings is 1. The standard InChI is InChI=1S/C23H37N3O2/c1-22(2,3)19-11-9-18(10-12-19)21(28)24-14-13-20(27)25-17-23(4,5)26-15-7-6-8-16-26/h9-12H,6-8,13-17H2,1-5H3,(H,24,28)(H,25,27). The van der Waals surface area contributed by atoms with Crippen LogP contribution < -0.4 is 10.6 Å². The third-order valence-corrected chi connectivity index (χ3v) is 5.58. The summed E-state index contributed by atoms with van der Waals surface area (Å²) in [6.07, 6.45) is 4.07. The minimum Gasteiger partial charge on any atom is -0.354 e. The summed E-state index contributed by atoms with van der Waals surface area (Å²) in [6, 6.07) is 7.67. The Bertz CT molecular complexity index is 653. The lowest BCUT2D eigenvalue weighted by molar-refractivity contribution is -0.121. The number of carbonyl (C=O) groups excluding carboxylic acids is 2. The van der Waals surface area contributed by atoms with Crippen molar-refractivity contribution in [3.8, 4) is 0 Å². The highest BCUT2D eigenvalue weighted by molar-refractivity contribution is 5.94. The molecule has 156 valence electrons. The first-order valence-electron chi connectivity index (χ1n) is 10.5. The molecule has 28 heavy (non-hydrogen) atoms. The van der Waals surface area contributed by atoms with Crippen LogP contribution in [0.2, 0.25) is 0 Å². The Kier molecular flexibility index (Phi) is 7.64. The van der Waals surface area contributed by atoms with Gasteiger partial charge in [0.15, 0.2) is 0 Å². The van der Waals surface area contributed by atoms with E-state index in [2.05, 4.69) is 50.2 Å². The Balaban J connectivity index is 1.72. The SMILES string of the molecule is CC(C)(C)c1ccc(C(=O)NCCC(=O)NCC(C)(C)N2CCCCC2)cc1. The van der Waals surface area contributed by atoms with Crippen molar-refractivity contribution in [1.29, 1.82) is 0 Å². The highest BCUT2D eigenvalue weighted by Crippen LogP contribution is 2.22. The monoisotopic (exact) mass is 387 g/mol. The third-order valence-electron chi connectivity index (χ3n) is 5.58. The summed E-state index contributed by atoms with van der Waals surface area (Å²) in [7, 11) is 0. The highest BCUT2D eigenvalue weighted by atomic mass is 16.2. The smallest absolute Gasteiger partial charge is 0.251 e. The minimum absolute atomic E-state index is 0.0199. The van der Waals surface area contributed by atoms with Gasteiger partial charge in [0.2, 0.25) is 5.91 Å². The van der Waals surface area contributed by atoms with Crippen LogP contribution in [0.25, 0.3) is 0 Å². The average Bonchev–Trinajstić information content (AvgIpc) is 2.66. The second-order valence-electron chi connectivity index (χ2n) is 9.47. The zero-order valence-electron chi connectivity index (χ0n) is 18.2. The number of piperidine rings is 1. The molecule has 2 rings (SSSR count). The fraction of sp³-hybridized carbons (Fsp3) is 0.652. The number of rotatable bonds is 7. The maximum atomic E-state index is 12.3. The lowest BCUT2D eigenvalue weighted by atomic mass is 9.87. The fourth-order valence-electron chi connectivity index (χ4n) is 3.53. The van der Waals surface area contributed by atoms with Crippen molar-refractivity contribution in [1.82, 2.24) is 15.5 Å². The van der Waals surface area contributed by atoms with Crippen molar-refractivity contribution in [2.75, 3.05) is 26.2 Å². The molecule has 0 bridgehead atoms. The molecule has 5 nitrogen and oxygen atoms in total. The predicted octanol–water partition coefficient (Wildman–Crippen LogP) is 3.48. The molecule has 1 heterocycles. The Morgan fingerprint density at radius 3 is 2.11 bits per heavy atom. The van der Waals surface area contributed by atoms with Crippen LogP contribution >= 0.6 is 0 Å². The van der Waals surface area contributed by atoms with E-state index in [0.29, 0.717) is 25.1 Å². The largest absolute Gasteiger partial charge is 0.354 e. The molecule has 0 radical (unpaired) electrons. The van der Waals surface area contributed by atoms with Gasteiger partial charge >= 0.3 is 0 Å². The number of hydrogen-bond acceptors (Lipinski definition) is 3. The summed E-state index contributed by atoms with van der Waals surface area (Å²) in [6.45, 7) is 14.0. The van der Waals surface area contributed by atoms with Gasteiger partial charge in [0.05, 0.1) is 0 Å². The third kappa shape index (κ3) is 6.62. The Hall–Kier alpha value is -1.88. The van der Waals surface area contributed by atoms with Gasteiger partial charge in [0, 0.05) is 30.6 Å². The van der Waals surface area contributed by atoms with E-state index in [9.17, 15) is 9.59 Å². The molecule has 0 saturated carbocycles. The van der Waals surface area contributed by atoms with Gasteiger partial charge in [-0.15, -0.1) is 0 Å². The van der Waals surface area contributed by atoms with Gasteiger partial charge in [-0.25, -0.2) is 0 Å². The minimum atomic E-state index is -0.137. The van der Waals surface area contributed by atoms with E-state index >= 15 is 0 Å². The van der Waals surface area contributed by atoms with Crippen molar-refractivity contribution >= 4 is 11.8 Å². The molecule has 1 fully saturated rings. The number of amides is 2. The summed E-state index contributed by atoms with van der Waals surface area (Å²) in [5.74, 6) is -0.157. The molecule has 5 heteroatoms. The molecule has 1 aromatic rings. The summed E-state index contributed by atoms with van der Waals surface area (Å²) in [4.78, 5) is 26.9. The maximum absolute atomic E-state index is 12.3. The normalized spacial score (nSPS) is 15.9. The van der Waals surface area contributed by atoms with Crippen LogP contribution in [0.3, 0.4) is 0 Å². The van der Waals surface area contributed by atoms with Crippen molar-refractivity contribution < 1.29 is 9.59 Å². The Morgan fingerprint density at radius 2 is 1.54 bits per heavy atom. The summed E-state index contributed by atoms with van der Waals surface area (Å²) in [5, 5.41) is 5.86. The van der Waals surface area contributed by atoms with Gasteiger partial charge in [-0.2, -0.15) is 0 Å². The lowest BCUT2D eigenvalue weighted by Gasteiger charge is -2.41. The fourth-order valence-corrected chi connectivity index (χ4v) is 3.53. The zero-order chi connectivity index (χ0) is 20.8. The molecule has 1 aromatic carbocycles. The number of hydrogen-bond donors (Lipinski definition) is 2. The molecular formula is C23H37N3O2. The molecule has 1 aliphatic heterocycles. The summed E-state index contributed by atoms with van der Waals surface area (Å²) < 4.78 is 0. The van der Waals surface area contributed by atoms with Crippen LogP contribution in [0.1, 0.15) is 76.2 Å². The van der Waals surface area contributed by atoms with Crippen molar-refractivity contribution in [2.24, 2.45) is 0 Å². The molecule has 2 amide bonds. The molecule has 0 aliphatic carbocycles. The molecule has 0 aromatic heterocycles. The van der Waals surface area contributed by atoms with E-state index < -0.39 is 0 Å². The molecule has 2 N–H and O–H groups in total. The number of likely N-dealkylation sites (tertiary alicyclic amines) is 1. The number of nitrogens with zero attached hydrogens (tertiary/aromatic N) is 1. The first-order valence-corrected chi connectivity index (χ1v) is 10.5. The topological polar surface area (TPSA) is 61.4 Å². The quantitative estimate of drug-likeness (QED) is 0.753. The molecule has 0 unspecified atom stereocenters. The van der Waals surface area contributed by atoms with E-state index in [1.165, 1.54) is 24.8 Å². The van der Waals surface area contributed by atoms with Crippen LogP contribution in [0.5, 0.6) is 0 Å². The lowest BCUT2D eigenvalue weighted by Crippen LogP contribution is -2.53. The summed E-state index contributed by atoms with van der Waals surface area (Å²) in [5.41, 5.74) is 1.85. The van der Waals surface area contributed by atoms with Crippen LogP contribution in [0.4, 0.5) is 0 Å². The molecule has 0 atom stereocenters. The van der Waals surface area contributed by atoms with Gasteiger partial charge in [-0.1, -0.05) is 39.3 Å². The van der Waals surface area contributed by atoms with E-state index in [0.717, 1.165) is 13.1 Å². The molecular weight excluding hydrogens is 350 g/mol. The second kappa shape index (κ2) is 9.55. The van der Waals surface area contributed by atoms with Crippen molar-refractivity contribution in [3.05, 3.63) is 35.4 Å². The van der Waals surface area contributed by atoms with Crippen LogP contribution in [-0.2, 0) is 10.2 Å². The van der Waals surface area contributed by atoms with Crippen LogP contribution in [-0.4, -0.2) is 48.4 Å². The Morgan fingerprint density at radius 1 is 0.929 bits per heavy atom. The number of carbonyl (C=O) groups is 2. The van der Waals surface area contributed by atoms with Crippen molar-refractivity contribution in [3.63, 3.8) is 0 Å². The average molecular weight is 388 g/mol. The molecule has 0 spiro atoms. The van der Waals surface area contributed by atoms with Gasteiger partial charge in [-0.05, 0) is 62.9 Å². The van der Waals surface area contributed by atoms with Crippen molar-refractivity contribution in [2.45, 2.75) is 71.3 Å². The molecule has 1 aliphatic rings. The Labute approximate surface area is 170 Å². The van der Waals surface area contributed by atoms with E-state index in [1.807, 2.05) is 24.3 Å². The molecule has 1 saturated heterocycles. The summed E-state index contributed by atoms with van der Waals surface area (Å²) >= 11 is 0. The highest BCUT2D eigenvalue weighted by Gasteiger charge is 2.28. The first-order chi connectivity index (χ1) is 13.1. The number of nitrogens with one attached hydrogen (secondary N) is 2. The zero-order valence-corrected chi connectivity index (χ0v) is 18.2. The van der Waals surface area contributed by atoms with Gasteiger partial charge < -0.3 is 10.6 Å². The van der Waals surface area contributed by atoms with E-state index in [4.69, 9.17) is 0 Å². The first kappa shape index (κ1) is 22.4. The van der Waals surface area contributed by atoms with Gasteiger partial charge in [0.25, 0.3) is 5.91 Å². The van der Waals surface area contributed by atoms with Crippen LogP contribution in [0.15, 0.2) is 24.3 Å². The second-order valence-corrected chi connectivity index (χ2v) is 9.47. The maximum Gasteiger partial charge on any atom is 0.251 e. The van der Waals surface area contributed by atoms with E-state index in [1.54, 1.807) is 0 Å².